The van der Waals surface area contributed by atoms with E-state index in [0.29, 0.717) is 16.5 Å². The second kappa shape index (κ2) is 12.0. The molecule has 196 valence electrons. The van der Waals surface area contributed by atoms with Gasteiger partial charge in [-0.15, -0.1) is 0 Å². The van der Waals surface area contributed by atoms with Crippen LogP contribution in [0.4, 0.5) is 5.69 Å². The Morgan fingerprint density at radius 2 is 1.62 bits per heavy atom. The smallest absolute Gasteiger partial charge is 0.276 e. The van der Waals surface area contributed by atoms with Crippen LogP contribution in [-0.2, 0) is 14.8 Å². The van der Waals surface area contributed by atoms with Crippen LogP contribution in [0.15, 0.2) is 59.5 Å². The number of methoxy groups -OCH3 is 2. The summed E-state index contributed by atoms with van der Waals surface area (Å²) in [5, 5.41) is 0.702. The minimum atomic E-state index is -4.14. The lowest BCUT2D eigenvalue weighted by molar-refractivity contribution is -0.123. The van der Waals surface area contributed by atoms with Crippen molar-refractivity contribution in [3.63, 3.8) is 0 Å². The average molecular weight is 568 g/mol. The minimum absolute atomic E-state index is 0.0163. The molecule has 3 rings (SSSR count). The maximum atomic E-state index is 13.0. The number of sulfonamides is 1. The van der Waals surface area contributed by atoms with Gasteiger partial charge in [0.2, 0.25) is 0 Å². The van der Waals surface area contributed by atoms with Crippen LogP contribution in [0.2, 0.25) is 10.0 Å². The summed E-state index contributed by atoms with van der Waals surface area (Å²) in [5.41, 5.74) is 5.23. The molecule has 0 spiro atoms. The highest BCUT2D eigenvalue weighted by Crippen LogP contribution is 2.37. The molecule has 0 unspecified atom stereocenters. The fraction of sp³-hybridized carbons (Fsp3) is 0.167. The Morgan fingerprint density at radius 1 is 0.892 bits per heavy atom. The number of halogens is 2. The lowest BCUT2D eigenvalue weighted by Crippen LogP contribution is -2.43. The zero-order chi connectivity index (χ0) is 27.2. The van der Waals surface area contributed by atoms with Crippen molar-refractivity contribution in [2.45, 2.75) is 11.8 Å². The predicted octanol–water partition coefficient (Wildman–Crippen LogP) is 3.96. The molecule has 0 aliphatic rings. The first kappa shape index (κ1) is 27.9. The number of benzene rings is 3. The summed E-state index contributed by atoms with van der Waals surface area (Å²) in [6, 6.07) is 12.9. The summed E-state index contributed by atoms with van der Waals surface area (Å²) in [6.07, 6.45) is 0. The number of hydrogen-bond acceptors (Lipinski definition) is 7. The van der Waals surface area contributed by atoms with Gasteiger partial charge in [0.25, 0.3) is 21.8 Å². The Bertz CT molecular complexity index is 1430. The molecule has 2 amide bonds. The Hall–Kier alpha value is -3.67. The molecule has 3 N–H and O–H groups in total. The minimum Gasteiger partial charge on any atom is -0.495 e. The first-order valence-electron chi connectivity index (χ1n) is 10.6. The largest absolute Gasteiger partial charge is 0.495 e. The maximum Gasteiger partial charge on any atom is 0.276 e. The molecule has 0 atom stereocenters. The summed E-state index contributed by atoms with van der Waals surface area (Å²) in [7, 11) is -1.37. The number of amides is 2. The fourth-order valence-electron chi connectivity index (χ4n) is 3.10. The average Bonchev–Trinajstić information content (AvgIpc) is 2.86. The molecule has 0 aromatic heterocycles. The van der Waals surface area contributed by atoms with Gasteiger partial charge in [0.05, 0.1) is 29.8 Å². The van der Waals surface area contributed by atoms with Gasteiger partial charge in [-0.2, -0.15) is 0 Å². The quantitative estimate of drug-likeness (QED) is 0.333. The van der Waals surface area contributed by atoms with Gasteiger partial charge in [0.1, 0.15) is 17.2 Å². The summed E-state index contributed by atoms with van der Waals surface area (Å²) in [4.78, 5) is 24.4. The second-order valence-corrected chi connectivity index (χ2v) is 10.0. The first-order valence-corrected chi connectivity index (χ1v) is 12.8. The molecule has 10 nitrogen and oxygen atoms in total. The molecular formula is C24H23Cl2N3O7S. The van der Waals surface area contributed by atoms with Crippen LogP contribution in [0, 0.1) is 6.92 Å². The van der Waals surface area contributed by atoms with Crippen molar-refractivity contribution >= 4 is 50.7 Å². The number of anilines is 1. The monoisotopic (exact) mass is 567 g/mol. The van der Waals surface area contributed by atoms with Crippen molar-refractivity contribution in [3.05, 3.63) is 75.8 Å². The summed E-state index contributed by atoms with van der Waals surface area (Å²) < 4.78 is 44.1. The van der Waals surface area contributed by atoms with Gasteiger partial charge < -0.3 is 14.2 Å². The van der Waals surface area contributed by atoms with Crippen LogP contribution in [0.25, 0.3) is 0 Å². The van der Waals surface area contributed by atoms with Crippen LogP contribution >= 0.6 is 23.2 Å². The Balaban J connectivity index is 1.65. The highest BCUT2D eigenvalue weighted by Gasteiger charge is 2.20. The number of aryl methyl sites for hydroxylation is 1. The van der Waals surface area contributed by atoms with Crippen LogP contribution in [0.5, 0.6) is 17.2 Å². The zero-order valence-electron chi connectivity index (χ0n) is 19.9. The van der Waals surface area contributed by atoms with Crippen molar-refractivity contribution in [2.75, 3.05) is 25.5 Å². The van der Waals surface area contributed by atoms with Crippen LogP contribution in [-0.4, -0.2) is 41.1 Å². The van der Waals surface area contributed by atoms with E-state index in [1.165, 1.54) is 44.6 Å². The Kier molecular flexibility index (Phi) is 9.09. The Labute approximate surface area is 223 Å². The number of nitrogens with one attached hydrogen (secondary N) is 3. The molecule has 0 radical (unpaired) electrons. The van der Waals surface area contributed by atoms with Gasteiger partial charge >= 0.3 is 0 Å². The standard InChI is InChI=1S/C24H23Cl2N3O7S/c1-14-9-16(25)7-8-20(14)36-13-23(30)27-28-24(31)15-5-4-6-17(10-15)37(32,33)29-19-11-18(26)21(34-2)12-22(19)35-3/h4-12,29H,13H2,1-3H3,(H,27,30)(H,28,31). The van der Waals surface area contributed by atoms with Gasteiger partial charge in [-0.25, -0.2) is 8.42 Å². The van der Waals surface area contributed by atoms with E-state index in [0.717, 1.165) is 11.6 Å². The zero-order valence-corrected chi connectivity index (χ0v) is 22.3. The molecule has 0 aliphatic heterocycles. The van der Waals surface area contributed by atoms with Gasteiger partial charge in [0, 0.05) is 16.7 Å². The predicted molar refractivity (Wildman–Crippen MR) is 139 cm³/mol. The third kappa shape index (κ3) is 7.19. The molecule has 0 saturated carbocycles. The van der Waals surface area contributed by atoms with Crippen molar-refractivity contribution < 1.29 is 32.2 Å². The highest BCUT2D eigenvalue weighted by molar-refractivity contribution is 7.92. The third-order valence-corrected chi connectivity index (χ3v) is 6.83. The lowest BCUT2D eigenvalue weighted by atomic mass is 10.2. The molecular weight excluding hydrogens is 545 g/mol. The molecule has 0 aliphatic carbocycles. The Morgan fingerprint density at radius 3 is 2.30 bits per heavy atom. The highest BCUT2D eigenvalue weighted by atomic mass is 35.5. The summed E-state index contributed by atoms with van der Waals surface area (Å²) >= 11 is 12.0. The second-order valence-electron chi connectivity index (χ2n) is 7.52. The van der Waals surface area contributed by atoms with Crippen LogP contribution in [0.3, 0.4) is 0 Å². The molecule has 37 heavy (non-hydrogen) atoms. The molecule has 0 fully saturated rings. The van der Waals surface area contributed by atoms with Gasteiger partial charge in [-0.1, -0.05) is 29.3 Å². The van der Waals surface area contributed by atoms with E-state index in [4.69, 9.17) is 37.4 Å². The molecule has 13 heteroatoms. The topological polar surface area (TPSA) is 132 Å². The van der Waals surface area contributed by atoms with Gasteiger partial charge in [0.15, 0.2) is 6.61 Å². The van der Waals surface area contributed by atoms with Crippen molar-refractivity contribution in [2.24, 2.45) is 0 Å². The van der Waals surface area contributed by atoms with Crippen molar-refractivity contribution in [1.29, 1.82) is 0 Å². The number of hydrogen-bond donors (Lipinski definition) is 3. The first-order chi connectivity index (χ1) is 17.5. The van der Waals surface area contributed by atoms with E-state index >= 15 is 0 Å². The van der Waals surface area contributed by atoms with E-state index in [9.17, 15) is 18.0 Å². The van der Waals surface area contributed by atoms with Crippen LogP contribution in [0.1, 0.15) is 15.9 Å². The number of ether oxygens (including phenoxy) is 3. The normalized spacial score (nSPS) is 10.8. The number of carbonyl (C=O) groups excluding carboxylic acids is 2. The van der Waals surface area contributed by atoms with Gasteiger partial charge in [-0.3, -0.25) is 25.2 Å². The van der Waals surface area contributed by atoms with Gasteiger partial charge in [-0.05, 0) is 55.0 Å². The number of rotatable bonds is 9. The molecule has 3 aromatic rings. The SMILES string of the molecule is COc1cc(OC)c(NS(=O)(=O)c2cccc(C(=O)NNC(=O)COc3ccc(Cl)cc3C)c2)cc1Cl. The van der Waals surface area contributed by atoms with Crippen LogP contribution < -0.4 is 29.8 Å². The van der Waals surface area contributed by atoms with E-state index in [1.807, 2.05) is 0 Å². The fourth-order valence-corrected chi connectivity index (χ4v) is 4.67. The number of carbonyl (C=O) groups is 2. The van der Waals surface area contributed by atoms with Crippen molar-refractivity contribution in [1.82, 2.24) is 10.9 Å². The molecule has 3 aromatic carbocycles. The summed E-state index contributed by atoms with van der Waals surface area (Å²) in [5.74, 6) is -0.422. The van der Waals surface area contributed by atoms with E-state index in [2.05, 4.69) is 15.6 Å². The van der Waals surface area contributed by atoms with E-state index in [-0.39, 0.29) is 33.5 Å². The van der Waals surface area contributed by atoms with E-state index < -0.39 is 21.8 Å². The lowest BCUT2D eigenvalue weighted by Gasteiger charge is -2.15. The molecule has 0 bridgehead atoms. The number of hydrazine groups is 1. The maximum absolute atomic E-state index is 13.0. The molecule has 0 heterocycles. The molecule has 0 saturated heterocycles. The third-order valence-electron chi connectivity index (χ3n) is 4.94. The summed E-state index contributed by atoms with van der Waals surface area (Å²) in [6.45, 7) is 1.41. The van der Waals surface area contributed by atoms with E-state index in [1.54, 1.807) is 25.1 Å². The van der Waals surface area contributed by atoms with Crippen molar-refractivity contribution in [3.8, 4) is 17.2 Å².